The van der Waals surface area contributed by atoms with E-state index >= 15 is 0 Å². The summed E-state index contributed by atoms with van der Waals surface area (Å²) in [5.74, 6) is 0.996. The van der Waals surface area contributed by atoms with Crippen LogP contribution in [0.25, 0.3) is 0 Å². The van der Waals surface area contributed by atoms with Crippen LogP contribution in [0.15, 0.2) is 53.7 Å². The molecule has 0 fully saturated rings. The first-order chi connectivity index (χ1) is 9.38. The number of pyridine rings is 1. The zero-order valence-electron chi connectivity index (χ0n) is 11.3. The predicted molar refractivity (Wildman–Crippen MR) is 82.2 cm³/mol. The molecule has 100 valence electrons. The van der Waals surface area contributed by atoms with Crippen molar-refractivity contribution >= 4 is 11.8 Å². The van der Waals surface area contributed by atoms with Crippen LogP contribution in [0.1, 0.15) is 24.5 Å². The van der Waals surface area contributed by atoms with E-state index < -0.39 is 0 Å². The maximum absolute atomic E-state index is 4.03. The van der Waals surface area contributed by atoms with Crippen LogP contribution in [0, 0.1) is 0 Å². The summed E-state index contributed by atoms with van der Waals surface area (Å²) in [6.07, 6.45) is 4.87. The summed E-state index contributed by atoms with van der Waals surface area (Å²) in [4.78, 5) is 5.35. The number of benzene rings is 1. The Kier molecular flexibility index (Phi) is 5.92. The van der Waals surface area contributed by atoms with Gasteiger partial charge in [-0.25, -0.2) is 0 Å². The summed E-state index contributed by atoms with van der Waals surface area (Å²) in [7, 11) is 0. The lowest BCUT2D eigenvalue weighted by Crippen LogP contribution is -2.13. The lowest BCUT2D eigenvalue weighted by Gasteiger charge is -2.05. The molecule has 0 aliphatic carbocycles. The fourth-order valence-corrected chi connectivity index (χ4v) is 2.61. The van der Waals surface area contributed by atoms with Crippen LogP contribution in [0.3, 0.4) is 0 Å². The highest BCUT2D eigenvalue weighted by atomic mass is 32.2. The number of hydrogen-bond acceptors (Lipinski definition) is 3. The van der Waals surface area contributed by atoms with Crippen molar-refractivity contribution in [2.24, 2.45) is 0 Å². The largest absolute Gasteiger partial charge is 0.313 e. The summed E-state index contributed by atoms with van der Waals surface area (Å²) >= 11 is 1.86. The molecule has 0 amide bonds. The highest BCUT2D eigenvalue weighted by molar-refractivity contribution is 7.98. The van der Waals surface area contributed by atoms with Gasteiger partial charge in [-0.2, -0.15) is 0 Å². The topological polar surface area (TPSA) is 24.9 Å². The van der Waals surface area contributed by atoms with E-state index in [1.54, 1.807) is 0 Å². The molecule has 1 aromatic carbocycles. The van der Waals surface area contributed by atoms with Gasteiger partial charge in [0.25, 0.3) is 0 Å². The SMILES string of the molecule is CCCNCc1ccc(SCc2ccncc2)cc1. The second-order valence-electron chi connectivity index (χ2n) is 4.46. The molecule has 0 unspecified atom stereocenters. The Balaban J connectivity index is 1.81. The summed E-state index contributed by atoms with van der Waals surface area (Å²) in [6, 6.07) is 12.9. The molecule has 0 radical (unpaired) electrons. The molecule has 2 rings (SSSR count). The summed E-state index contributed by atoms with van der Waals surface area (Å²) in [6.45, 7) is 4.23. The van der Waals surface area contributed by atoms with Gasteiger partial charge in [-0.05, 0) is 48.4 Å². The third-order valence-corrected chi connectivity index (χ3v) is 3.92. The molecule has 1 aromatic heterocycles. The molecule has 19 heavy (non-hydrogen) atoms. The van der Waals surface area contributed by atoms with Gasteiger partial charge in [0.1, 0.15) is 0 Å². The summed E-state index contributed by atoms with van der Waals surface area (Å²) < 4.78 is 0. The third-order valence-electron chi connectivity index (χ3n) is 2.83. The van der Waals surface area contributed by atoms with Crippen LogP contribution in [-0.4, -0.2) is 11.5 Å². The zero-order valence-corrected chi connectivity index (χ0v) is 12.1. The van der Waals surface area contributed by atoms with Crippen molar-refractivity contribution in [2.75, 3.05) is 6.54 Å². The van der Waals surface area contributed by atoms with E-state index in [1.165, 1.54) is 22.4 Å². The second kappa shape index (κ2) is 7.97. The third kappa shape index (κ3) is 5.05. The Morgan fingerprint density at radius 2 is 1.74 bits per heavy atom. The normalized spacial score (nSPS) is 10.6. The van der Waals surface area contributed by atoms with E-state index in [1.807, 2.05) is 24.2 Å². The fraction of sp³-hybridized carbons (Fsp3) is 0.312. The van der Waals surface area contributed by atoms with Crippen molar-refractivity contribution in [1.82, 2.24) is 10.3 Å². The lowest BCUT2D eigenvalue weighted by atomic mass is 10.2. The van der Waals surface area contributed by atoms with E-state index in [9.17, 15) is 0 Å². The average molecular weight is 272 g/mol. The number of nitrogens with zero attached hydrogens (tertiary/aromatic N) is 1. The zero-order chi connectivity index (χ0) is 13.3. The van der Waals surface area contributed by atoms with Gasteiger partial charge in [-0.15, -0.1) is 11.8 Å². The van der Waals surface area contributed by atoms with Crippen molar-refractivity contribution in [3.8, 4) is 0 Å². The van der Waals surface area contributed by atoms with Gasteiger partial charge in [-0.3, -0.25) is 4.98 Å². The van der Waals surface area contributed by atoms with Crippen LogP contribution in [0.4, 0.5) is 0 Å². The lowest BCUT2D eigenvalue weighted by molar-refractivity contribution is 0.675. The molecule has 1 heterocycles. The Morgan fingerprint density at radius 1 is 1.00 bits per heavy atom. The molecular weight excluding hydrogens is 252 g/mol. The van der Waals surface area contributed by atoms with Crippen LogP contribution in [0.2, 0.25) is 0 Å². The van der Waals surface area contributed by atoms with Gasteiger partial charge in [0.05, 0.1) is 0 Å². The van der Waals surface area contributed by atoms with Crippen molar-refractivity contribution in [1.29, 1.82) is 0 Å². The summed E-state index contributed by atoms with van der Waals surface area (Å²) in [5.41, 5.74) is 2.66. The smallest absolute Gasteiger partial charge is 0.0270 e. The van der Waals surface area contributed by atoms with Gasteiger partial charge in [-0.1, -0.05) is 19.1 Å². The van der Waals surface area contributed by atoms with E-state index in [2.05, 4.69) is 53.6 Å². The van der Waals surface area contributed by atoms with E-state index in [4.69, 9.17) is 0 Å². The number of rotatable bonds is 7. The first kappa shape index (κ1) is 14.1. The highest BCUT2D eigenvalue weighted by Gasteiger charge is 1.97. The average Bonchev–Trinajstić information content (AvgIpc) is 2.48. The number of thioether (sulfide) groups is 1. The molecule has 1 N–H and O–H groups in total. The molecular formula is C16H20N2S. The van der Waals surface area contributed by atoms with E-state index in [0.29, 0.717) is 0 Å². The number of hydrogen-bond donors (Lipinski definition) is 1. The van der Waals surface area contributed by atoms with Crippen molar-refractivity contribution < 1.29 is 0 Å². The Bertz CT molecular complexity index is 468. The molecule has 2 nitrogen and oxygen atoms in total. The van der Waals surface area contributed by atoms with Crippen molar-refractivity contribution in [3.63, 3.8) is 0 Å². The Hall–Kier alpha value is -1.32. The standard InChI is InChI=1S/C16H20N2S/c1-2-9-18-12-14-3-5-16(6-4-14)19-13-15-7-10-17-11-8-15/h3-8,10-11,18H,2,9,12-13H2,1H3. The van der Waals surface area contributed by atoms with Gasteiger partial charge in [0.15, 0.2) is 0 Å². The van der Waals surface area contributed by atoms with E-state index in [0.717, 1.165) is 18.8 Å². The van der Waals surface area contributed by atoms with Gasteiger partial charge in [0.2, 0.25) is 0 Å². The van der Waals surface area contributed by atoms with Gasteiger partial charge >= 0.3 is 0 Å². The second-order valence-corrected chi connectivity index (χ2v) is 5.51. The van der Waals surface area contributed by atoms with Crippen LogP contribution >= 0.6 is 11.8 Å². The maximum Gasteiger partial charge on any atom is 0.0270 e. The summed E-state index contributed by atoms with van der Waals surface area (Å²) in [5, 5.41) is 3.41. The quantitative estimate of drug-likeness (QED) is 0.612. The minimum absolute atomic E-state index is 0.961. The van der Waals surface area contributed by atoms with Crippen LogP contribution in [-0.2, 0) is 12.3 Å². The molecule has 0 bridgehead atoms. The van der Waals surface area contributed by atoms with Crippen molar-refractivity contribution in [2.45, 2.75) is 30.5 Å². The molecule has 0 spiro atoms. The Labute approximate surface area is 119 Å². The highest BCUT2D eigenvalue weighted by Crippen LogP contribution is 2.22. The molecule has 0 aliphatic rings. The number of aromatic nitrogens is 1. The van der Waals surface area contributed by atoms with Crippen LogP contribution < -0.4 is 5.32 Å². The fourth-order valence-electron chi connectivity index (χ4n) is 1.76. The number of nitrogens with one attached hydrogen (secondary N) is 1. The first-order valence-corrected chi connectivity index (χ1v) is 7.68. The monoisotopic (exact) mass is 272 g/mol. The minimum atomic E-state index is 0.961. The molecule has 0 saturated carbocycles. The molecule has 0 aliphatic heterocycles. The molecule has 0 atom stereocenters. The first-order valence-electron chi connectivity index (χ1n) is 6.70. The molecule has 3 heteroatoms. The van der Waals surface area contributed by atoms with Gasteiger partial charge in [0, 0.05) is 29.6 Å². The van der Waals surface area contributed by atoms with Gasteiger partial charge < -0.3 is 5.32 Å². The van der Waals surface area contributed by atoms with Crippen molar-refractivity contribution in [3.05, 3.63) is 59.9 Å². The molecule has 0 saturated heterocycles. The van der Waals surface area contributed by atoms with E-state index in [-0.39, 0.29) is 0 Å². The minimum Gasteiger partial charge on any atom is -0.313 e. The Morgan fingerprint density at radius 3 is 2.42 bits per heavy atom. The maximum atomic E-state index is 4.03. The predicted octanol–water partition coefficient (Wildman–Crippen LogP) is 3.87. The van der Waals surface area contributed by atoms with Crippen LogP contribution in [0.5, 0.6) is 0 Å². The molecule has 2 aromatic rings.